The average Bonchev–Trinajstić information content (AvgIpc) is 3.20. The SMILES string of the molecule is CCCCCCCCCCCCCc1n(CCCCC)cc[n+]1CCCc1ccccc1. The van der Waals surface area contributed by atoms with E-state index in [9.17, 15) is 0 Å². The second kappa shape index (κ2) is 17.9. The lowest BCUT2D eigenvalue weighted by Gasteiger charge is -2.07. The lowest BCUT2D eigenvalue weighted by Crippen LogP contribution is -2.37. The number of imidazole rings is 1. The molecule has 0 bridgehead atoms. The van der Waals surface area contributed by atoms with Crippen LogP contribution >= 0.6 is 0 Å². The van der Waals surface area contributed by atoms with Gasteiger partial charge in [0.15, 0.2) is 0 Å². The molecule has 0 radical (unpaired) electrons. The van der Waals surface area contributed by atoms with Gasteiger partial charge in [-0.2, -0.15) is 0 Å². The third kappa shape index (κ3) is 11.3. The van der Waals surface area contributed by atoms with E-state index in [1.54, 1.807) is 5.82 Å². The zero-order valence-electron chi connectivity index (χ0n) is 21.4. The van der Waals surface area contributed by atoms with E-state index in [1.807, 2.05) is 0 Å². The summed E-state index contributed by atoms with van der Waals surface area (Å²) in [5.41, 5.74) is 1.46. The molecule has 32 heavy (non-hydrogen) atoms. The molecule has 0 atom stereocenters. The minimum atomic E-state index is 1.14. The fourth-order valence-corrected chi connectivity index (χ4v) is 4.77. The molecule has 0 N–H and O–H groups in total. The summed E-state index contributed by atoms with van der Waals surface area (Å²) in [4.78, 5) is 0. The van der Waals surface area contributed by atoms with Crippen molar-refractivity contribution in [3.63, 3.8) is 0 Å². The minimum Gasteiger partial charge on any atom is -0.234 e. The van der Waals surface area contributed by atoms with Gasteiger partial charge in [0.1, 0.15) is 12.4 Å². The summed E-state index contributed by atoms with van der Waals surface area (Å²) in [6, 6.07) is 10.9. The number of hydrogen-bond acceptors (Lipinski definition) is 0. The highest BCUT2D eigenvalue weighted by Crippen LogP contribution is 2.13. The van der Waals surface area contributed by atoms with Crippen molar-refractivity contribution >= 4 is 0 Å². The quantitative estimate of drug-likeness (QED) is 0.144. The van der Waals surface area contributed by atoms with Crippen molar-refractivity contribution in [1.29, 1.82) is 0 Å². The Hall–Kier alpha value is -1.57. The van der Waals surface area contributed by atoms with Crippen LogP contribution in [0.3, 0.4) is 0 Å². The minimum absolute atomic E-state index is 1.14. The summed E-state index contributed by atoms with van der Waals surface area (Å²) in [6.07, 6.45) is 27.8. The van der Waals surface area contributed by atoms with E-state index in [1.165, 1.54) is 121 Å². The fraction of sp³-hybridized carbons (Fsp3) is 0.700. The molecule has 0 fully saturated rings. The van der Waals surface area contributed by atoms with Crippen LogP contribution in [0.5, 0.6) is 0 Å². The van der Waals surface area contributed by atoms with Crippen LogP contribution in [-0.2, 0) is 25.9 Å². The van der Waals surface area contributed by atoms with Crippen molar-refractivity contribution < 1.29 is 4.57 Å². The Morgan fingerprint density at radius 2 is 1.22 bits per heavy atom. The van der Waals surface area contributed by atoms with Crippen LogP contribution < -0.4 is 4.57 Å². The van der Waals surface area contributed by atoms with Crippen LogP contribution in [0, 0.1) is 0 Å². The molecular weight excluding hydrogens is 388 g/mol. The fourth-order valence-electron chi connectivity index (χ4n) is 4.77. The average molecular weight is 440 g/mol. The van der Waals surface area contributed by atoms with Crippen LogP contribution in [0.2, 0.25) is 0 Å². The van der Waals surface area contributed by atoms with Gasteiger partial charge >= 0.3 is 0 Å². The molecule has 2 heteroatoms. The molecule has 2 rings (SSSR count). The van der Waals surface area contributed by atoms with Gasteiger partial charge in [0.05, 0.1) is 13.1 Å². The van der Waals surface area contributed by atoms with E-state index in [4.69, 9.17) is 0 Å². The third-order valence-corrected chi connectivity index (χ3v) is 6.80. The van der Waals surface area contributed by atoms with E-state index >= 15 is 0 Å². The second-order valence-corrected chi connectivity index (χ2v) is 9.68. The number of nitrogens with zero attached hydrogens (tertiary/aromatic N) is 2. The normalized spacial score (nSPS) is 11.3. The summed E-state index contributed by atoms with van der Waals surface area (Å²) < 4.78 is 5.10. The molecule has 180 valence electrons. The number of unbranched alkanes of at least 4 members (excludes halogenated alkanes) is 12. The standard InChI is InChI=1S/C30H51N2/c1-3-5-7-8-9-10-11-12-13-14-18-24-30-31(25-19-6-4-2)27-28-32(30)26-20-23-29-21-16-15-17-22-29/h15-17,21-22,27-28H,3-14,18-20,23-26H2,1-2H3/q+1. The third-order valence-electron chi connectivity index (χ3n) is 6.80. The molecule has 0 saturated carbocycles. The lowest BCUT2D eigenvalue weighted by molar-refractivity contribution is -0.704. The Morgan fingerprint density at radius 3 is 1.88 bits per heavy atom. The first-order valence-corrected chi connectivity index (χ1v) is 14.0. The zero-order chi connectivity index (χ0) is 22.7. The van der Waals surface area contributed by atoms with Crippen LogP contribution in [-0.4, -0.2) is 4.57 Å². The van der Waals surface area contributed by atoms with Gasteiger partial charge in [0.25, 0.3) is 5.82 Å². The van der Waals surface area contributed by atoms with Gasteiger partial charge in [-0.1, -0.05) is 115 Å². The number of aryl methyl sites for hydroxylation is 3. The number of benzene rings is 1. The van der Waals surface area contributed by atoms with Crippen molar-refractivity contribution in [3.8, 4) is 0 Å². The van der Waals surface area contributed by atoms with Gasteiger partial charge in [-0.05, 0) is 37.7 Å². The molecule has 0 unspecified atom stereocenters. The second-order valence-electron chi connectivity index (χ2n) is 9.68. The first-order valence-electron chi connectivity index (χ1n) is 14.0. The maximum Gasteiger partial charge on any atom is 0.256 e. The first-order chi connectivity index (χ1) is 15.8. The van der Waals surface area contributed by atoms with E-state index in [0.29, 0.717) is 0 Å². The topological polar surface area (TPSA) is 8.81 Å². The molecule has 0 amide bonds. The van der Waals surface area contributed by atoms with Gasteiger partial charge in [0, 0.05) is 6.42 Å². The molecule has 0 saturated heterocycles. The van der Waals surface area contributed by atoms with E-state index in [0.717, 1.165) is 6.54 Å². The van der Waals surface area contributed by atoms with Crippen LogP contribution in [0.25, 0.3) is 0 Å². The van der Waals surface area contributed by atoms with Gasteiger partial charge in [-0.15, -0.1) is 0 Å². The number of hydrogen-bond donors (Lipinski definition) is 0. The van der Waals surface area contributed by atoms with Crippen molar-refractivity contribution in [2.75, 3.05) is 0 Å². The number of rotatable bonds is 20. The molecule has 2 aromatic rings. The maximum absolute atomic E-state index is 2.55. The molecule has 0 aliphatic rings. The highest BCUT2D eigenvalue weighted by atomic mass is 15.1. The van der Waals surface area contributed by atoms with Crippen LogP contribution in [0.4, 0.5) is 0 Å². The Bertz CT molecular complexity index is 673. The van der Waals surface area contributed by atoms with Gasteiger partial charge in [0.2, 0.25) is 0 Å². The molecule has 0 spiro atoms. The van der Waals surface area contributed by atoms with E-state index in [2.05, 4.69) is 65.7 Å². The van der Waals surface area contributed by atoms with Gasteiger partial charge < -0.3 is 0 Å². The summed E-state index contributed by atoms with van der Waals surface area (Å²) >= 11 is 0. The highest BCUT2D eigenvalue weighted by molar-refractivity contribution is 5.14. The molecule has 1 aromatic heterocycles. The Balaban J connectivity index is 1.70. The largest absolute Gasteiger partial charge is 0.256 e. The highest BCUT2D eigenvalue weighted by Gasteiger charge is 2.16. The summed E-state index contributed by atoms with van der Waals surface area (Å²) in [5.74, 6) is 1.56. The number of aromatic nitrogens is 2. The predicted molar refractivity (Wildman–Crippen MR) is 139 cm³/mol. The summed E-state index contributed by atoms with van der Waals surface area (Å²) in [5, 5.41) is 0. The molecular formula is C30H51N2+. The molecule has 1 aromatic carbocycles. The zero-order valence-corrected chi connectivity index (χ0v) is 21.4. The van der Waals surface area contributed by atoms with Crippen LogP contribution in [0.15, 0.2) is 42.7 Å². The molecule has 0 aliphatic heterocycles. The molecule has 1 heterocycles. The lowest BCUT2D eigenvalue weighted by atomic mass is 10.1. The Morgan fingerprint density at radius 1 is 0.625 bits per heavy atom. The Kier molecular flexibility index (Phi) is 14.9. The predicted octanol–water partition coefficient (Wildman–Crippen LogP) is 8.45. The van der Waals surface area contributed by atoms with E-state index in [-0.39, 0.29) is 0 Å². The van der Waals surface area contributed by atoms with Gasteiger partial charge in [-0.3, -0.25) is 0 Å². The smallest absolute Gasteiger partial charge is 0.234 e. The Labute approximate surface area is 199 Å². The van der Waals surface area contributed by atoms with Crippen molar-refractivity contribution in [3.05, 3.63) is 54.1 Å². The maximum atomic E-state index is 2.55. The van der Waals surface area contributed by atoms with Crippen molar-refractivity contribution in [2.45, 2.75) is 136 Å². The monoisotopic (exact) mass is 439 g/mol. The van der Waals surface area contributed by atoms with Crippen LogP contribution in [0.1, 0.15) is 122 Å². The molecule has 0 aliphatic carbocycles. The summed E-state index contributed by atoms with van der Waals surface area (Å²) in [6.45, 7) is 6.93. The molecule has 2 nitrogen and oxygen atoms in total. The van der Waals surface area contributed by atoms with E-state index < -0.39 is 0 Å². The first kappa shape index (κ1) is 26.7. The van der Waals surface area contributed by atoms with Crippen molar-refractivity contribution in [2.24, 2.45) is 0 Å². The summed E-state index contributed by atoms with van der Waals surface area (Å²) in [7, 11) is 0. The van der Waals surface area contributed by atoms with Gasteiger partial charge in [-0.25, -0.2) is 9.13 Å². The van der Waals surface area contributed by atoms with Crippen molar-refractivity contribution in [1.82, 2.24) is 4.57 Å².